The standard InChI is InChI=1S/C13H21NOS2/c1-10(2)14-13(8-15,11-5-6-11)9-17-12-4-3-7-16-12/h3-4,7,10-11,14-15H,5-6,8-9H2,1-2H3. The number of thioether (sulfide) groups is 1. The summed E-state index contributed by atoms with van der Waals surface area (Å²) in [5.74, 6) is 1.62. The van der Waals surface area contributed by atoms with Crippen molar-refractivity contribution < 1.29 is 5.11 Å². The summed E-state index contributed by atoms with van der Waals surface area (Å²) >= 11 is 3.64. The average Bonchev–Trinajstić information content (AvgIpc) is 3.02. The van der Waals surface area contributed by atoms with Crippen LogP contribution in [0.2, 0.25) is 0 Å². The molecule has 0 bridgehead atoms. The van der Waals surface area contributed by atoms with Crippen LogP contribution >= 0.6 is 23.1 Å². The average molecular weight is 271 g/mol. The van der Waals surface area contributed by atoms with Crippen molar-refractivity contribution in [2.24, 2.45) is 5.92 Å². The number of hydrogen-bond acceptors (Lipinski definition) is 4. The molecule has 1 saturated carbocycles. The van der Waals surface area contributed by atoms with Gasteiger partial charge in [-0.2, -0.15) is 0 Å². The predicted molar refractivity (Wildman–Crippen MR) is 75.9 cm³/mol. The lowest BCUT2D eigenvalue weighted by Crippen LogP contribution is -2.55. The summed E-state index contributed by atoms with van der Waals surface area (Å²) in [5, 5.41) is 15.5. The highest BCUT2D eigenvalue weighted by molar-refractivity contribution is 8.01. The topological polar surface area (TPSA) is 32.3 Å². The van der Waals surface area contributed by atoms with Crippen molar-refractivity contribution in [3.05, 3.63) is 17.5 Å². The van der Waals surface area contributed by atoms with Crippen molar-refractivity contribution in [2.75, 3.05) is 12.4 Å². The van der Waals surface area contributed by atoms with Crippen LogP contribution in [0, 0.1) is 5.92 Å². The van der Waals surface area contributed by atoms with Crippen molar-refractivity contribution >= 4 is 23.1 Å². The highest BCUT2D eigenvalue weighted by atomic mass is 32.2. The van der Waals surface area contributed by atoms with Gasteiger partial charge in [0.15, 0.2) is 0 Å². The van der Waals surface area contributed by atoms with Gasteiger partial charge in [0.25, 0.3) is 0 Å². The Morgan fingerprint density at radius 1 is 1.59 bits per heavy atom. The minimum atomic E-state index is -0.0805. The lowest BCUT2D eigenvalue weighted by molar-refractivity contribution is 0.150. The van der Waals surface area contributed by atoms with Gasteiger partial charge in [0.05, 0.1) is 16.4 Å². The molecule has 0 saturated heterocycles. The van der Waals surface area contributed by atoms with Crippen molar-refractivity contribution in [3.8, 4) is 0 Å². The van der Waals surface area contributed by atoms with Crippen LogP contribution in [-0.2, 0) is 0 Å². The zero-order valence-corrected chi connectivity index (χ0v) is 12.1. The molecule has 2 rings (SSSR count). The molecule has 1 fully saturated rings. The molecule has 0 amide bonds. The van der Waals surface area contributed by atoms with E-state index < -0.39 is 0 Å². The van der Waals surface area contributed by atoms with E-state index in [1.54, 1.807) is 11.3 Å². The summed E-state index contributed by atoms with van der Waals surface area (Å²) in [6, 6.07) is 4.66. The Labute approximate surface area is 112 Å². The molecule has 1 aliphatic rings. The molecule has 96 valence electrons. The SMILES string of the molecule is CC(C)NC(CO)(CSc1cccs1)C1CC1. The normalized spacial score (nSPS) is 19.5. The molecule has 17 heavy (non-hydrogen) atoms. The molecule has 2 N–H and O–H groups in total. The van der Waals surface area contributed by atoms with E-state index >= 15 is 0 Å². The van der Waals surface area contributed by atoms with Crippen molar-refractivity contribution in [2.45, 2.75) is 42.5 Å². The third-order valence-electron chi connectivity index (χ3n) is 3.18. The van der Waals surface area contributed by atoms with Gasteiger partial charge >= 0.3 is 0 Å². The minimum Gasteiger partial charge on any atom is -0.394 e. The highest BCUT2D eigenvalue weighted by Gasteiger charge is 2.44. The molecule has 2 nitrogen and oxygen atoms in total. The predicted octanol–water partition coefficient (Wildman–Crippen LogP) is 2.98. The molecular formula is C13H21NOS2. The Kier molecular flexibility index (Phi) is 4.53. The van der Waals surface area contributed by atoms with Crippen molar-refractivity contribution in [1.29, 1.82) is 0 Å². The fraction of sp³-hybridized carbons (Fsp3) is 0.692. The smallest absolute Gasteiger partial charge is 0.0624 e. The van der Waals surface area contributed by atoms with Gasteiger partial charge < -0.3 is 10.4 Å². The molecular weight excluding hydrogens is 250 g/mol. The maximum absolute atomic E-state index is 9.79. The lowest BCUT2D eigenvalue weighted by Gasteiger charge is -2.35. The Morgan fingerprint density at radius 3 is 2.82 bits per heavy atom. The molecule has 1 unspecified atom stereocenters. The zero-order chi connectivity index (χ0) is 12.3. The summed E-state index contributed by atoms with van der Waals surface area (Å²) in [6.45, 7) is 4.55. The van der Waals surface area contributed by atoms with Crippen LogP contribution in [0.3, 0.4) is 0 Å². The number of hydrogen-bond donors (Lipinski definition) is 2. The molecule has 1 aromatic heterocycles. The van der Waals surface area contributed by atoms with Gasteiger partial charge in [0, 0.05) is 11.8 Å². The molecule has 1 aromatic rings. The van der Waals surface area contributed by atoms with Crippen molar-refractivity contribution in [3.63, 3.8) is 0 Å². The van der Waals surface area contributed by atoms with Crippen molar-refractivity contribution in [1.82, 2.24) is 5.32 Å². The molecule has 1 aliphatic carbocycles. The number of aliphatic hydroxyl groups excluding tert-OH is 1. The number of thiophene rings is 1. The van der Waals surface area contributed by atoms with Gasteiger partial charge in [-0.15, -0.1) is 23.1 Å². The second kappa shape index (κ2) is 5.74. The molecule has 1 heterocycles. The van der Waals surface area contributed by atoms with Crippen LogP contribution in [0.4, 0.5) is 0 Å². The molecule has 0 radical (unpaired) electrons. The second-order valence-electron chi connectivity index (χ2n) is 5.11. The summed E-state index contributed by atoms with van der Waals surface area (Å²) in [5.41, 5.74) is -0.0805. The summed E-state index contributed by atoms with van der Waals surface area (Å²) in [4.78, 5) is 0. The Bertz CT molecular complexity index is 335. The van der Waals surface area contributed by atoms with Crippen LogP contribution in [0.1, 0.15) is 26.7 Å². The Hall–Kier alpha value is -0.0300. The van der Waals surface area contributed by atoms with Gasteiger partial charge in [-0.3, -0.25) is 0 Å². The van der Waals surface area contributed by atoms with Gasteiger partial charge in [-0.25, -0.2) is 0 Å². The summed E-state index contributed by atoms with van der Waals surface area (Å²) < 4.78 is 1.34. The van der Waals surface area contributed by atoms with E-state index in [1.165, 1.54) is 17.1 Å². The summed E-state index contributed by atoms with van der Waals surface area (Å²) in [6.07, 6.45) is 2.51. The molecule has 4 heteroatoms. The molecule has 1 atom stereocenters. The maximum atomic E-state index is 9.79. The first-order valence-electron chi connectivity index (χ1n) is 6.21. The van der Waals surface area contributed by atoms with Crippen LogP contribution in [0.15, 0.2) is 21.7 Å². The van der Waals surface area contributed by atoms with Crippen LogP contribution < -0.4 is 5.32 Å². The monoisotopic (exact) mass is 271 g/mol. The zero-order valence-electron chi connectivity index (χ0n) is 10.5. The Morgan fingerprint density at radius 2 is 2.35 bits per heavy atom. The third kappa shape index (κ3) is 3.47. The minimum absolute atomic E-state index is 0.0805. The summed E-state index contributed by atoms with van der Waals surface area (Å²) in [7, 11) is 0. The van der Waals surface area contributed by atoms with E-state index in [1.807, 2.05) is 11.8 Å². The van der Waals surface area contributed by atoms with Crippen LogP contribution in [-0.4, -0.2) is 29.0 Å². The van der Waals surface area contributed by atoms with Crippen LogP contribution in [0.5, 0.6) is 0 Å². The van der Waals surface area contributed by atoms with E-state index in [2.05, 4.69) is 36.7 Å². The quantitative estimate of drug-likeness (QED) is 0.748. The first-order valence-corrected chi connectivity index (χ1v) is 8.08. The first-order chi connectivity index (χ1) is 8.16. The van der Waals surface area contributed by atoms with Gasteiger partial charge in [0.1, 0.15) is 0 Å². The Balaban J connectivity index is 1.99. The van der Waals surface area contributed by atoms with Gasteiger partial charge in [-0.05, 0) is 30.2 Å². The molecule has 0 aromatic carbocycles. The van der Waals surface area contributed by atoms with E-state index in [9.17, 15) is 5.11 Å². The first kappa shape index (κ1) is 13.4. The second-order valence-corrected chi connectivity index (χ2v) is 7.33. The molecule has 0 spiro atoms. The highest BCUT2D eigenvalue weighted by Crippen LogP contribution is 2.42. The lowest BCUT2D eigenvalue weighted by atomic mass is 9.95. The van der Waals surface area contributed by atoms with Gasteiger partial charge in [-0.1, -0.05) is 19.9 Å². The van der Waals surface area contributed by atoms with E-state index in [0.717, 1.165) is 5.75 Å². The van der Waals surface area contributed by atoms with Crippen LogP contribution in [0.25, 0.3) is 0 Å². The van der Waals surface area contributed by atoms with Gasteiger partial charge in [0.2, 0.25) is 0 Å². The number of nitrogens with one attached hydrogen (secondary N) is 1. The van der Waals surface area contributed by atoms with E-state index in [-0.39, 0.29) is 12.1 Å². The molecule has 0 aliphatic heterocycles. The van der Waals surface area contributed by atoms with E-state index in [0.29, 0.717) is 12.0 Å². The largest absolute Gasteiger partial charge is 0.394 e. The number of rotatable bonds is 7. The number of aliphatic hydroxyl groups is 1. The fourth-order valence-corrected chi connectivity index (χ4v) is 4.30. The van der Waals surface area contributed by atoms with E-state index in [4.69, 9.17) is 0 Å². The fourth-order valence-electron chi connectivity index (χ4n) is 2.25. The third-order valence-corrected chi connectivity index (χ3v) is 5.57. The maximum Gasteiger partial charge on any atom is 0.0624 e.